The molecular formula is C15H15FN6O3. The number of anilines is 2. The maximum Gasteiger partial charge on any atom is 0.409 e. The number of nitrogens with zero attached hydrogens (tertiary/aromatic N) is 4. The average Bonchev–Trinajstić information content (AvgIpc) is 2.94. The summed E-state index contributed by atoms with van der Waals surface area (Å²) in [5.41, 5.74) is 7.14. The molecule has 0 fully saturated rings. The van der Waals surface area contributed by atoms with Crippen molar-refractivity contribution in [3.63, 3.8) is 0 Å². The first-order valence-corrected chi connectivity index (χ1v) is 7.27. The molecule has 3 rings (SSSR count). The van der Waals surface area contributed by atoms with Crippen LogP contribution in [0.5, 0.6) is 0 Å². The number of aromatic nitrogens is 4. The highest BCUT2D eigenvalue weighted by molar-refractivity contribution is 5.98. The molecule has 0 spiro atoms. The van der Waals surface area contributed by atoms with Crippen molar-refractivity contribution in [2.45, 2.75) is 6.54 Å². The van der Waals surface area contributed by atoms with Gasteiger partial charge in [-0.15, -0.1) is 0 Å². The number of carboxylic acid groups (broad SMARTS) is 1. The van der Waals surface area contributed by atoms with Gasteiger partial charge < -0.3 is 15.6 Å². The minimum Gasteiger partial charge on any atom is -0.465 e. The molecule has 0 atom stereocenters. The van der Waals surface area contributed by atoms with E-state index in [1.807, 2.05) is 5.32 Å². The summed E-state index contributed by atoms with van der Waals surface area (Å²) in [7, 11) is 1.57. The number of nitrogens with one attached hydrogen (secondary N) is 1. The van der Waals surface area contributed by atoms with Gasteiger partial charge in [0.05, 0.1) is 24.2 Å². The minimum atomic E-state index is -1.35. The second-order valence-electron chi connectivity index (χ2n) is 5.15. The van der Waals surface area contributed by atoms with E-state index in [1.165, 1.54) is 18.5 Å². The van der Waals surface area contributed by atoms with E-state index in [9.17, 15) is 9.18 Å². The van der Waals surface area contributed by atoms with E-state index in [0.29, 0.717) is 35.4 Å². The molecule has 2 heterocycles. The Morgan fingerprint density at radius 3 is 2.92 bits per heavy atom. The predicted molar refractivity (Wildman–Crippen MR) is 88.7 cm³/mol. The van der Waals surface area contributed by atoms with Crippen LogP contribution in [0.25, 0.3) is 22.3 Å². The summed E-state index contributed by atoms with van der Waals surface area (Å²) in [6, 6.07) is 4.04. The van der Waals surface area contributed by atoms with Gasteiger partial charge in [-0.2, -0.15) is 5.10 Å². The van der Waals surface area contributed by atoms with E-state index in [1.54, 1.807) is 17.9 Å². The molecule has 130 valence electrons. The first-order valence-electron chi connectivity index (χ1n) is 7.27. The minimum absolute atomic E-state index is 0.149. The maximum atomic E-state index is 14.2. The first kappa shape index (κ1) is 16.6. The van der Waals surface area contributed by atoms with Gasteiger partial charge in [0.1, 0.15) is 23.7 Å². The van der Waals surface area contributed by atoms with E-state index in [-0.39, 0.29) is 11.5 Å². The van der Waals surface area contributed by atoms with Crippen LogP contribution in [-0.4, -0.2) is 44.7 Å². The van der Waals surface area contributed by atoms with Crippen LogP contribution in [0.3, 0.4) is 0 Å². The summed E-state index contributed by atoms with van der Waals surface area (Å²) in [5, 5.41) is 15.6. The van der Waals surface area contributed by atoms with Gasteiger partial charge in [-0.25, -0.2) is 23.8 Å². The third-order valence-electron chi connectivity index (χ3n) is 3.55. The average molecular weight is 346 g/mol. The van der Waals surface area contributed by atoms with E-state index < -0.39 is 11.9 Å². The van der Waals surface area contributed by atoms with Gasteiger partial charge in [-0.3, -0.25) is 5.32 Å². The number of methoxy groups -OCH3 is 1. The molecule has 1 aromatic carbocycles. The van der Waals surface area contributed by atoms with E-state index >= 15 is 0 Å². The van der Waals surface area contributed by atoms with Crippen LogP contribution in [0.15, 0.2) is 24.5 Å². The Morgan fingerprint density at radius 2 is 2.24 bits per heavy atom. The summed E-state index contributed by atoms with van der Waals surface area (Å²) in [6.07, 6.45) is -0.0222. The SMILES string of the molecule is COCCn1nc(-c2ccc(NC(=O)O)c(F)c2)c2c(N)ncnc21. The molecule has 4 N–H and O–H groups in total. The number of halogens is 1. The molecule has 1 amide bonds. The maximum absolute atomic E-state index is 14.2. The lowest BCUT2D eigenvalue weighted by Gasteiger charge is -2.05. The highest BCUT2D eigenvalue weighted by atomic mass is 19.1. The highest BCUT2D eigenvalue weighted by Gasteiger charge is 2.18. The molecule has 0 bridgehead atoms. The Kier molecular flexibility index (Phi) is 4.44. The zero-order valence-electron chi connectivity index (χ0n) is 13.2. The number of fused-ring (bicyclic) bond motifs is 1. The standard InChI is InChI=1S/C15H15FN6O3/c1-25-5-4-22-14-11(13(17)18-7-19-14)12(21-22)8-2-3-10(9(16)6-8)20-15(23)24/h2-3,6-7,20H,4-5H2,1H3,(H,23,24)(H2,17,18,19). The van der Waals surface area contributed by atoms with Crippen LogP contribution in [0.2, 0.25) is 0 Å². The number of nitrogens with two attached hydrogens (primary N) is 1. The largest absolute Gasteiger partial charge is 0.465 e. The van der Waals surface area contributed by atoms with Crippen molar-refractivity contribution in [3.8, 4) is 11.3 Å². The molecule has 2 aromatic heterocycles. The summed E-state index contributed by atoms with van der Waals surface area (Å²) in [6.45, 7) is 0.848. The van der Waals surface area contributed by atoms with Crippen LogP contribution in [0.4, 0.5) is 20.7 Å². The number of amides is 1. The van der Waals surface area contributed by atoms with E-state index in [0.717, 1.165) is 0 Å². The first-order chi connectivity index (χ1) is 12.0. The van der Waals surface area contributed by atoms with Gasteiger partial charge in [0.2, 0.25) is 0 Å². The highest BCUT2D eigenvalue weighted by Crippen LogP contribution is 2.31. The van der Waals surface area contributed by atoms with Crippen molar-refractivity contribution in [2.24, 2.45) is 0 Å². The lowest BCUT2D eigenvalue weighted by molar-refractivity contribution is 0.184. The zero-order chi connectivity index (χ0) is 18.0. The number of rotatable bonds is 5. The normalized spacial score (nSPS) is 11.0. The van der Waals surface area contributed by atoms with Crippen molar-refractivity contribution in [1.82, 2.24) is 19.7 Å². The van der Waals surface area contributed by atoms with Crippen molar-refractivity contribution < 1.29 is 19.0 Å². The number of hydrogen-bond acceptors (Lipinski definition) is 6. The van der Waals surface area contributed by atoms with Gasteiger partial charge in [-0.05, 0) is 12.1 Å². The predicted octanol–water partition coefficient (Wildman–Crippen LogP) is 1.95. The van der Waals surface area contributed by atoms with Crippen molar-refractivity contribution >= 4 is 28.6 Å². The Balaban J connectivity index is 2.12. The fraction of sp³-hybridized carbons (Fsp3) is 0.200. The molecule has 9 nitrogen and oxygen atoms in total. The molecule has 25 heavy (non-hydrogen) atoms. The zero-order valence-corrected chi connectivity index (χ0v) is 13.2. The lowest BCUT2D eigenvalue weighted by atomic mass is 10.1. The van der Waals surface area contributed by atoms with E-state index in [4.69, 9.17) is 15.6 Å². The van der Waals surface area contributed by atoms with Crippen LogP contribution in [-0.2, 0) is 11.3 Å². The summed E-state index contributed by atoms with van der Waals surface area (Å²) in [4.78, 5) is 18.8. The Hall–Kier alpha value is -3.27. The molecule has 0 saturated carbocycles. The summed E-state index contributed by atoms with van der Waals surface area (Å²) < 4.78 is 20.8. The molecule has 0 radical (unpaired) electrons. The van der Waals surface area contributed by atoms with Crippen LogP contribution in [0.1, 0.15) is 0 Å². The molecule has 3 aromatic rings. The third-order valence-corrected chi connectivity index (χ3v) is 3.55. The van der Waals surface area contributed by atoms with Gasteiger partial charge in [0.25, 0.3) is 0 Å². The van der Waals surface area contributed by atoms with Gasteiger partial charge in [-0.1, -0.05) is 6.07 Å². The molecular weight excluding hydrogens is 331 g/mol. The Labute approximate surface area is 141 Å². The molecule has 0 aliphatic heterocycles. The number of ether oxygens (including phenoxy) is 1. The molecule has 0 unspecified atom stereocenters. The molecule has 0 saturated heterocycles. The number of carbonyl (C=O) groups is 1. The Bertz CT molecular complexity index is 942. The van der Waals surface area contributed by atoms with Gasteiger partial charge >= 0.3 is 6.09 Å². The van der Waals surface area contributed by atoms with E-state index in [2.05, 4.69) is 15.1 Å². The van der Waals surface area contributed by atoms with Gasteiger partial charge in [0.15, 0.2) is 5.65 Å². The Morgan fingerprint density at radius 1 is 1.44 bits per heavy atom. The summed E-state index contributed by atoms with van der Waals surface area (Å²) >= 11 is 0. The molecule has 0 aliphatic rings. The second kappa shape index (κ2) is 6.69. The van der Waals surface area contributed by atoms with Crippen LogP contribution in [0, 0.1) is 5.82 Å². The van der Waals surface area contributed by atoms with Crippen LogP contribution >= 0.6 is 0 Å². The number of nitrogen functional groups attached to an aromatic ring is 1. The summed E-state index contributed by atoms with van der Waals surface area (Å²) in [5.74, 6) is -0.508. The fourth-order valence-corrected chi connectivity index (χ4v) is 2.45. The van der Waals surface area contributed by atoms with Gasteiger partial charge in [0, 0.05) is 12.7 Å². The quantitative estimate of drug-likeness (QED) is 0.644. The monoisotopic (exact) mass is 346 g/mol. The van der Waals surface area contributed by atoms with Crippen molar-refractivity contribution in [1.29, 1.82) is 0 Å². The van der Waals surface area contributed by atoms with Crippen LogP contribution < -0.4 is 11.1 Å². The smallest absolute Gasteiger partial charge is 0.409 e. The topological polar surface area (TPSA) is 128 Å². The lowest BCUT2D eigenvalue weighted by Crippen LogP contribution is -2.08. The fourth-order valence-electron chi connectivity index (χ4n) is 2.45. The third kappa shape index (κ3) is 3.19. The second-order valence-corrected chi connectivity index (χ2v) is 5.15. The number of hydrogen-bond donors (Lipinski definition) is 3. The van der Waals surface area contributed by atoms with Crippen molar-refractivity contribution in [2.75, 3.05) is 24.8 Å². The van der Waals surface area contributed by atoms with Crippen molar-refractivity contribution in [3.05, 3.63) is 30.3 Å². The molecule has 10 heteroatoms. The molecule has 0 aliphatic carbocycles. The number of benzene rings is 1.